The maximum Gasteiger partial charge on any atom is 0.337 e. The Hall–Kier alpha value is -1.33. The fraction of sp³-hybridized carbons (Fsp3) is 0.500. The van der Waals surface area contributed by atoms with Crippen molar-refractivity contribution in [2.24, 2.45) is 0 Å². The van der Waals surface area contributed by atoms with Crippen LogP contribution in [0.5, 0.6) is 0 Å². The Morgan fingerprint density at radius 2 is 2.50 bits per heavy atom. The van der Waals surface area contributed by atoms with E-state index in [2.05, 4.69) is 11.9 Å². The maximum absolute atomic E-state index is 10.8. The molecule has 1 N–H and O–H groups in total. The average molecular weight is 271 g/mol. The van der Waals surface area contributed by atoms with Crippen LogP contribution >= 0.6 is 11.6 Å². The largest absolute Gasteiger partial charge is 0.478 e. The highest BCUT2D eigenvalue weighted by atomic mass is 35.5. The SMILES string of the molecule is CCC1CN(c2ncc(C(=O)O)cc2Cl)CCO1. The summed E-state index contributed by atoms with van der Waals surface area (Å²) in [5.41, 5.74) is 0.101. The van der Waals surface area contributed by atoms with E-state index in [1.807, 2.05) is 4.90 Å². The number of carboxylic acid groups (broad SMARTS) is 1. The standard InChI is InChI=1S/C12H15ClN2O3/c1-2-9-7-15(3-4-18-9)11-10(13)5-8(6-14-11)12(16)17/h5-6,9H,2-4,7H2,1H3,(H,16,17). The van der Waals surface area contributed by atoms with Gasteiger partial charge >= 0.3 is 5.97 Å². The van der Waals surface area contributed by atoms with E-state index in [1.54, 1.807) is 0 Å². The lowest BCUT2D eigenvalue weighted by Gasteiger charge is -2.33. The first-order chi connectivity index (χ1) is 8.61. The molecular formula is C12H15ClN2O3. The summed E-state index contributed by atoms with van der Waals surface area (Å²) in [5, 5.41) is 9.23. The highest BCUT2D eigenvalue weighted by molar-refractivity contribution is 6.33. The van der Waals surface area contributed by atoms with Crippen LogP contribution in [-0.2, 0) is 4.74 Å². The number of anilines is 1. The van der Waals surface area contributed by atoms with Crippen LogP contribution in [0.25, 0.3) is 0 Å². The van der Waals surface area contributed by atoms with Gasteiger partial charge in [0.15, 0.2) is 0 Å². The van der Waals surface area contributed by atoms with Crippen LogP contribution in [0, 0.1) is 0 Å². The van der Waals surface area contributed by atoms with Crippen molar-refractivity contribution in [3.63, 3.8) is 0 Å². The topological polar surface area (TPSA) is 62.7 Å². The fourth-order valence-electron chi connectivity index (χ4n) is 1.94. The molecule has 0 bridgehead atoms. The van der Waals surface area contributed by atoms with Gasteiger partial charge in [-0.05, 0) is 12.5 Å². The molecule has 0 radical (unpaired) electrons. The third-order valence-corrected chi connectivity index (χ3v) is 3.24. The molecule has 1 fully saturated rings. The molecule has 0 saturated carbocycles. The van der Waals surface area contributed by atoms with Crippen LogP contribution in [0.1, 0.15) is 23.7 Å². The van der Waals surface area contributed by atoms with Crippen molar-refractivity contribution in [2.75, 3.05) is 24.6 Å². The Morgan fingerprint density at radius 1 is 1.72 bits per heavy atom. The van der Waals surface area contributed by atoms with Gasteiger partial charge in [0.25, 0.3) is 0 Å². The van der Waals surface area contributed by atoms with E-state index in [4.69, 9.17) is 21.4 Å². The smallest absolute Gasteiger partial charge is 0.337 e. The zero-order chi connectivity index (χ0) is 13.1. The van der Waals surface area contributed by atoms with E-state index in [0.29, 0.717) is 17.4 Å². The molecule has 0 aliphatic carbocycles. The van der Waals surface area contributed by atoms with Crippen molar-refractivity contribution in [1.29, 1.82) is 0 Å². The Balaban J connectivity index is 2.20. The van der Waals surface area contributed by atoms with E-state index in [-0.39, 0.29) is 11.7 Å². The molecule has 0 spiro atoms. The highest BCUT2D eigenvalue weighted by Crippen LogP contribution is 2.26. The van der Waals surface area contributed by atoms with Gasteiger partial charge in [0.05, 0.1) is 23.3 Å². The molecule has 1 saturated heterocycles. The summed E-state index contributed by atoms with van der Waals surface area (Å²) in [6, 6.07) is 1.43. The normalized spacial score (nSPS) is 19.9. The molecule has 0 aromatic carbocycles. The van der Waals surface area contributed by atoms with Crippen LogP contribution in [0.2, 0.25) is 5.02 Å². The first-order valence-corrected chi connectivity index (χ1v) is 6.25. The van der Waals surface area contributed by atoms with Crippen molar-refractivity contribution in [2.45, 2.75) is 19.4 Å². The molecule has 1 aliphatic heterocycles. The number of nitrogens with zero attached hydrogens (tertiary/aromatic N) is 2. The first-order valence-electron chi connectivity index (χ1n) is 5.87. The summed E-state index contributed by atoms with van der Waals surface area (Å²) in [5.74, 6) is -0.396. The number of carbonyl (C=O) groups is 1. The Kier molecular flexibility index (Phi) is 4.04. The van der Waals surface area contributed by atoms with Gasteiger partial charge in [-0.25, -0.2) is 9.78 Å². The number of rotatable bonds is 3. The first kappa shape index (κ1) is 13.1. The Morgan fingerprint density at radius 3 is 3.11 bits per heavy atom. The van der Waals surface area contributed by atoms with E-state index in [0.717, 1.165) is 19.5 Å². The third-order valence-electron chi connectivity index (χ3n) is 2.96. The fourth-order valence-corrected chi connectivity index (χ4v) is 2.22. The molecular weight excluding hydrogens is 256 g/mol. The molecule has 1 atom stereocenters. The Labute approximate surface area is 110 Å². The molecule has 1 aromatic rings. The molecule has 5 nitrogen and oxygen atoms in total. The molecule has 6 heteroatoms. The van der Waals surface area contributed by atoms with Crippen molar-refractivity contribution in [3.8, 4) is 0 Å². The summed E-state index contributed by atoms with van der Waals surface area (Å²) >= 11 is 6.09. The van der Waals surface area contributed by atoms with Gasteiger partial charge in [-0.3, -0.25) is 0 Å². The molecule has 1 aromatic heterocycles. The van der Waals surface area contributed by atoms with Gasteiger partial charge in [-0.15, -0.1) is 0 Å². The zero-order valence-corrected chi connectivity index (χ0v) is 10.9. The summed E-state index contributed by atoms with van der Waals surface area (Å²) in [6.45, 7) is 4.15. The molecule has 2 heterocycles. The minimum absolute atomic E-state index is 0.101. The number of hydrogen-bond acceptors (Lipinski definition) is 4. The average Bonchev–Trinajstić information content (AvgIpc) is 2.38. The molecule has 0 amide bonds. The van der Waals surface area contributed by atoms with Crippen molar-refractivity contribution in [1.82, 2.24) is 4.98 Å². The number of ether oxygens (including phenoxy) is 1. The van der Waals surface area contributed by atoms with Gasteiger partial charge in [0.2, 0.25) is 0 Å². The number of pyridine rings is 1. The van der Waals surface area contributed by atoms with Crippen LogP contribution in [0.4, 0.5) is 5.82 Å². The van der Waals surface area contributed by atoms with Crippen LogP contribution in [0.15, 0.2) is 12.3 Å². The van der Waals surface area contributed by atoms with Crippen LogP contribution in [-0.4, -0.2) is 41.9 Å². The van der Waals surface area contributed by atoms with E-state index in [1.165, 1.54) is 12.3 Å². The zero-order valence-electron chi connectivity index (χ0n) is 10.1. The molecule has 1 unspecified atom stereocenters. The Bertz CT molecular complexity index is 453. The predicted octanol–water partition coefficient (Wildman–Crippen LogP) is 2.05. The summed E-state index contributed by atoms with van der Waals surface area (Å²) < 4.78 is 5.57. The van der Waals surface area contributed by atoms with E-state index < -0.39 is 5.97 Å². The number of aromatic nitrogens is 1. The van der Waals surface area contributed by atoms with E-state index in [9.17, 15) is 4.79 Å². The highest BCUT2D eigenvalue weighted by Gasteiger charge is 2.22. The van der Waals surface area contributed by atoms with Gasteiger partial charge < -0.3 is 14.7 Å². The third kappa shape index (κ3) is 2.73. The maximum atomic E-state index is 10.8. The van der Waals surface area contributed by atoms with Gasteiger partial charge in [-0.1, -0.05) is 18.5 Å². The number of hydrogen-bond donors (Lipinski definition) is 1. The summed E-state index contributed by atoms with van der Waals surface area (Å²) in [7, 11) is 0. The van der Waals surface area contributed by atoms with Gasteiger partial charge in [0, 0.05) is 19.3 Å². The van der Waals surface area contributed by atoms with Gasteiger partial charge in [0.1, 0.15) is 5.82 Å². The monoisotopic (exact) mass is 270 g/mol. The summed E-state index contributed by atoms with van der Waals surface area (Å²) in [6.07, 6.45) is 2.44. The second-order valence-electron chi connectivity index (χ2n) is 4.18. The molecule has 2 rings (SSSR count). The minimum atomic E-state index is -1.02. The molecule has 1 aliphatic rings. The number of halogens is 1. The number of carboxylic acids is 1. The summed E-state index contributed by atoms with van der Waals surface area (Å²) in [4.78, 5) is 17.0. The van der Waals surface area contributed by atoms with Crippen LogP contribution in [0.3, 0.4) is 0 Å². The lowest BCUT2D eigenvalue weighted by Crippen LogP contribution is -2.42. The lowest BCUT2D eigenvalue weighted by molar-refractivity contribution is 0.0381. The second kappa shape index (κ2) is 5.54. The van der Waals surface area contributed by atoms with Gasteiger partial charge in [-0.2, -0.15) is 0 Å². The molecule has 98 valence electrons. The van der Waals surface area contributed by atoms with E-state index >= 15 is 0 Å². The predicted molar refractivity (Wildman–Crippen MR) is 68.5 cm³/mol. The second-order valence-corrected chi connectivity index (χ2v) is 4.59. The van der Waals surface area contributed by atoms with Crippen LogP contribution < -0.4 is 4.90 Å². The molecule has 18 heavy (non-hydrogen) atoms. The van der Waals surface area contributed by atoms with Crippen molar-refractivity contribution < 1.29 is 14.6 Å². The quantitative estimate of drug-likeness (QED) is 0.911. The number of morpholine rings is 1. The number of aromatic carboxylic acids is 1. The van der Waals surface area contributed by atoms with Crippen molar-refractivity contribution in [3.05, 3.63) is 22.8 Å². The lowest BCUT2D eigenvalue weighted by atomic mass is 10.2. The van der Waals surface area contributed by atoms with Crippen molar-refractivity contribution >= 4 is 23.4 Å². The minimum Gasteiger partial charge on any atom is -0.478 e.